The molecular weight excluding hydrogens is 214 g/mol. The Morgan fingerprint density at radius 2 is 2.24 bits per heavy atom. The second kappa shape index (κ2) is 5.07. The summed E-state index contributed by atoms with van der Waals surface area (Å²) in [5.74, 6) is 1.36. The minimum absolute atomic E-state index is 0.102. The van der Waals surface area contributed by atoms with Gasteiger partial charge in [-0.25, -0.2) is 0 Å². The van der Waals surface area contributed by atoms with Crippen molar-refractivity contribution in [2.75, 3.05) is 13.7 Å². The maximum atomic E-state index is 6.33. The van der Waals surface area contributed by atoms with Crippen LogP contribution in [0.2, 0.25) is 0 Å². The molecule has 1 fully saturated rings. The topological polar surface area (TPSA) is 44.5 Å². The molecule has 2 N–H and O–H groups in total. The molecule has 3 nitrogen and oxygen atoms in total. The zero-order chi connectivity index (χ0) is 12.4. The molecular formula is C14H21NO2. The molecule has 17 heavy (non-hydrogen) atoms. The van der Waals surface area contributed by atoms with Gasteiger partial charge >= 0.3 is 0 Å². The first-order chi connectivity index (χ1) is 8.13. The van der Waals surface area contributed by atoms with Crippen LogP contribution in [0.5, 0.6) is 5.75 Å². The highest BCUT2D eigenvalue weighted by molar-refractivity contribution is 5.39. The number of hydrogen-bond acceptors (Lipinski definition) is 3. The molecule has 0 spiro atoms. The molecule has 1 aliphatic heterocycles. The number of rotatable bonds is 3. The summed E-state index contributed by atoms with van der Waals surface area (Å²) in [5.41, 5.74) is 8.57. The van der Waals surface area contributed by atoms with Gasteiger partial charge in [0, 0.05) is 12.2 Å². The van der Waals surface area contributed by atoms with Crippen molar-refractivity contribution in [1.82, 2.24) is 0 Å². The molecule has 1 aliphatic rings. The Morgan fingerprint density at radius 3 is 2.82 bits per heavy atom. The summed E-state index contributed by atoms with van der Waals surface area (Å²) in [7, 11) is 1.68. The standard InChI is InChI=1S/C14H21NO2/c1-9-4-5-12(16-3)11(8-9)13(15)14-10(2)6-7-17-14/h4-5,8,10,13-14H,6-7,15H2,1-3H3. The van der Waals surface area contributed by atoms with E-state index in [1.165, 1.54) is 5.56 Å². The maximum Gasteiger partial charge on any atom is 0.123 e. The van der Waals surface area contributed by atoms with Gasteiger partial charge in [-0.1, -0.05) is 24.6 Å². The molecule has 3 heteroatoms. The predicted octanol–water partition coefficient (Wildman–Crippen LogP) is 2.43. The second-order valence-electron chi connectivity index (χ2n) is 4.87. The van der Waals surface area contributed by atoms with E-state index < -0.39 is 0 Å². The van der Waals surface area contributed by atoms with E-state index in [0.29, 0.717) is 5.92 Å². The minimum atomic E-state index is -0.109. The summed E-state index contributed by atoms with van der Waals surface area (Å²) in [6.45, 7) is 5.07. The van der Waals surface area contributed by atoms with Crippen molar-refractivity contribution in [1.29, 1.82) is 0 Å². The Bertz CT molecular complexity index is 392. The predicted molar refractivity (Wildman–Crippen MR) is 68.2 cm³/mol. The van der Waals surface area contributed by atoms with E-state index in [1.54, 1.807) is 7.11 Å². The molecule has 0 aliphatic carbocycles. The van der Waals surface area contributed by atoms with E-state index in [9.17, 15) is 0 Å². The molecule has 94 valence electrons. The largest absolute Gasteiger partial charge is 0.496 e. The molecule has 0 saturated carbocycles. The zero-order valence-electron chi connectivity index (χ0n) is 10.8. The Kier molecular flexibility index (Phi) is 3.69. The number of aryl methyl sites for hydroxylation is 1. The third-order valence-corrected chi connectivity index (χ3v) is 3.54. The van der Waals surface area contributed by atoms with Crippen molar-refractivity contribution in [3.63, 3.8) is 0 Å². The van der Waals surface area contributed by atoms with Crippen molar-refractivity contribution in [3.05, 3.63) is 29.3 Å². The average molecular weight is 235 g/mol. The average Bonchev–Trinajstić information content (AvgIpc) is 2.74. The smallest absolute Gasteiger partial charge is 0.123 e. The van der Waals surface area contributed by atoms with E-state index >= 15 is 0 Å². The van der Waals surface area contributed by atoms with Crippen molar-refractivity contribution in [2.45, 2.75) is 32.4 Å². The fraction of sp³-hybridized carbons (Fsp3) is 0.571. The lowest BCUT2D eigenvalue weighted by Crippen LogP contribution is -2.30. The van der Waals surface area contributed by atoms with Crippen LogP contribution in [0, 0.1) is 12.8 Å². The van der Waals surface area contributed by atoms with Gasteiger partial charge in [-0.3, -0.25) is 0 Å². The summed E-state index contributed by atoms with van der Waals surface area (Å²) in [4.78, 5) is 0. The monoisotopic (exact) mass is 235 g/mol. The minimum Gasteiger partial charge on any atom is -0.496 e. The first kappa shape index (κ1) is 12.4. The lowest BCUT2D eigenvalue weighted by molar-refractivity contribution is 0.0717. The number of methoxy groups -OCH3 is 1. The first-order valence-electron chi connectivity index (χ1n) is 6.15. The summed E-state index contributed by atoms with van der Waals surface area (Å²) in [6, 6.07) is 6.00. The molecule has 1 aromatic carbocycles. The third-order valence-electron chi connectivity index (χ3n) is 3.54. The van der Waals surface area contributed by atoms with Gasteiger partial charge in [0.25, 0.3) is 0 Å². The van der Waals surface area contributed by atoms with Crippen LogP contribution in [-0.4, -0.2) is 19.8 Å². The van der Waals surface area contributed by atoms with Crippen molar-refractivity contribution >= 4 is 0 Å². The Morgan fingerprint density at radius 1 is 1.47 bits per heavy atom. The summed E-state index contributed by atoms with van der Waals surface area (Å²) in [5, 5.41) is 0. The van der Waals surface area contributed by atoms with Crippen molar-refractivity contribution in [2.24, 2.45) is 11.7 Å². The Labute approximate surface area is 103 Å². The summed E-state index contributed by atoms with van der Waals surface area (Å²) < 4.78 is 11.1. The number of benzene rings is 1. The number of hydrogen-bond donors (Lipinski definition) is 1. The zero-order valence-corrected chi connectivity index (χ0v) is 10.8. The number of ether oxygens (including phenoxy) is 2. The van der Waals surface area contributed by atoms with Crippen LogP contribution in [0.4, 0.5) is 0 Å². The van der Waals surface area contributed by atoms with E-state index in [2.05, 4.69) is 19.9 Å². The van der Waals surface area contributed by atoms with Crippen LogP contribution >= 0.6 is 0 Å². The summed E-state index contributed by atoms with van der Waals surface area (Å²) in [6.07, 6.45) is 1.19. The van der Waals surface area contributed by atoms with E-state index in [0.717, 1.165) is 24.3 Å². The fourth-order valence-corrected chi connectivity index (χ4v) is 2.47. The van der Waals surface area contributed by atoms with Gasteiger partial charge in [-0.05, 0) is 25.3 Å². The van der Waals surface area contributed by atoms with Crippen LogP contribution in [0.25, 0.3) is 0 Å². The van der Waals surface area contributed by atoms with Gasteiger partial charge < -0.3 is 15.2 Å². The molecule has 1 heterocycles. The molecule has 3 unspecified atom stereocenters. The molecule has 2 rings (SSSR count). The van der Waals surface area contributed by atoms with Gasteiger partial charge in [0.05, 0.1) is 19.3 Å². The van der Waals surface area contributed by atoms with Crippen LogP contribution < -0.4 is 10.5 Å². The van der Waals surface area contributed by atoms with E-state index in [-0.39, 0.29) is 12.1 Å². The van der Waals surface area contributed by atoms with E-state index in [1.807, 2.05) is 12.1 Å². The van der Waals surface area contributed by atoms with Gasteiger partial charge in [0.15, 0.2) is 0 Å². The highest BCUT2D eigenvalue weighted by atomic mass is 16.5. The quantitative estimate of drug-likeness (QED) is 0.875. The SMILES string of the molecule is COc1ccc(C)cc1C(N)C1OCCC1C. The highest BCUT2D eigenvalue weighted by Crippen LogP contribution is 2.34. The molecule has 0 amide bonds. The van der Waals surface area contributed by atoms with Crippen LogP contribution in [0.15, 0.2) is 18.2 Å². The first-order valence-corrected chi connectivity index (χ1v) is 6.15. The van der Waals surface area contributed by atoms with Gasteiger partial charge in [0.2, 0.25) is 0 Å². The van der Waals surface area contributed by atoms with Crippen molar-refractivity contribution < 1.29 is 9.47 Å². The Hall–Kier alpha value is -1.06. The maximum absolute atomic E-state index is 6.33. The van der Waals surface area contributed by atoms with Gasteiger partial charge in [0.1, 0.15) is 5.75 Å². The molecule has 0 aromatic heterocycles. The van der Waals surface area contributed by atoms with Crippen LogP contribution in [0.3, 0.4) is 0 Å². The van der Waals surface area contributed by atoms with Gasteiger partial charge in [-0.2, -0.15) is 0 Å². The van der Waals surface area contributed by atoms with E-state index in [4.69, 9.17) is 15.2 Å². The highest BCUT2D eigenvalue weighted by Gasteiger charge is 2.32. The lowest BCUT2D eigenvalue weighted by atomic mass is 9.92. The fourth-order valence-electron chi connectivity index (χ4n) is 2.47. The molecule has 1 saturated heterocycles. The molecule has 1 aromatic rings. The summed E-state index contributed by atoms with van der Waals surface area (Å²) >= 11 is 0. The van der Waals surface area contributed by atoms with Crippen molar-refractivity contribution in [3.8, 4) is 5.75 Å². The molecule has 3 atom stereocenters. The van der Waals surface area contributed by atoms with Crippen LogP contribution in [0.1, 0.15) is 30.5 Å². The second-order valence-corrected chi connectivity index (χ2v) is 4.87. The normalized spacial score (nSPS) is 25.9. The molecule has 0 radical (unpaired) electrons. The van der Waals surface area contributed by atoms with Gasteiger partial charge in [-0.15, -0.1) is 0 Å². The number of nitrogens with two attached hydrogens (primary N) is 1. The van der Waals surface area contributed by atoms with Crippen LogP contribution in [-0.2, 0) is 4.74 Å². The lowest BCUT2D eigenvalue weighted by Gasteiger charge is -2.24. The molecule has 0 bridgehead atoms. The Balaban J connectivity index is 2.28. The third kappa shape index (κ3) is 2.45.